The van der Waals surface area contributed by atoms with Gasteiger partial charge in [0.15, 0.2) is 0 Å². The summed E-state index contributed by atoms with van der Waals surface area (Å²) in [6.07, 6.45) is 6.74. The maximum atomic E-state index is 4.74. The smallest absolute Gasteiger partial charge is 0.141 e. The highest BCUT2D eigenvalue weighted by Crippen LogP contribution is 2.39. The molecule has 0 bridgehead atoms. The van der Waals surface area contributed by atoms with E-state index in [0.29, 0.717) is 0 Å². The van der Waals surface area contributed by atoms with Crippen LogP contribution in [0.2, 0.25) is 0 Å². The molecule has 1 aromatic carbocycles. The van der Waals surface area contributed by atoms with Crippen LogP contribution in [-0.4, -0.2) is 51.0 Å². The molecule has 0 saturated carbocycles. The van der Waals surface area contributed by atoms with Gasteiger partial charge in [-0.2, -0.15) is 0 Å². The molecule has 3 aromatic heterocycles. The number of rotatable bonds is 3. The Labute approximate surface area is 173 Å². The van der Waals surface area contributed by atoms with E-state index in [1.165, 1.54) is 46.3 Å². The zero-order valence-electron chi connectivity index (χ0n) is 16.4. The van der Waals surface area contributed by atoms with E-state index in [9.17, 15) is 0 Å². The van der Waals surface area contributed by atoms with Gasteiger partial charge < -0.3 is 9.88 Å². The number of hydrogen-bond donors (Lipinski definition) is 1. The largest absolute Gasteiger partial charge is 0.353 e. The summed E-state index contributed by atoms with van der Waals surface area (Å²) < 4.78 is 0. The third-order valence-corrected chi connectivity index (χ3v) is 7.41. The number of aromatic nitrogens is 4. The third-order valence-electron chi connectivity index (χ3n) is 6.21. The highest BCUT2D eigenvalue weighted by Gasteiger charge is 2.25. The number of thiophene rings is 1. The van der Waals surface area contributed by atoms with E-state index >= 15 is 0 Å². The van der Waals surface area contributed by atoms with E-state index in [1.807, 2.05) is 17.4 Å². The van der Waals surface area contributed by atoms with Crippen LogP contribution in [0.15, 0.2) is 30.6 Å². The molecule has 0 amide bonds. The fraction of sp³-hybridized carbons (Fsp3) is 0.409. The molecule has 1 fully saturated rings. The second-order valence-electron chi connectivity index (χ2n) is 8.05. The van der Waals surface area contributed by atoms with Crippen LogP contribution < -0.4 is 4.90 Å². The standard InChI is InChI=1S/C22H24N6S/c1-4-8-18-15(5-1)20-21(23-14-24-22(20)29-18)28-11-9-27(10-12-28)13-19-25-16-6-2-3-7-17(16)26-19/h2-3,6-7,14H,1,4-5,8-13H2,(H,25,26). The summed E-state index contributed by atoms with van der Waals surface area (Å²) in [6, 6.07) is 8.24. The van der Waals surface area contributed by atoms with Crippen LogP contribution in [0.1, 0.15) is 29.1 Å². The first-order chi connectivity index (χ1) is 14.3. The molecule has 1 saturated heterocycles. The molecule has 0 spiro atoms. The van der Waals surface area contributed by atoms with Gasteiger partial charge in [-0.3, -0.25) is 4.90 Å². The molecular formula is C22H24N6S. The maximum Gasteiger partial charge on any atom is 0.141 e. The number of aromatic amines is 1. The molecule has 7 heteroatoms. The van der Waals surface area contributed by atoms with Gasteiger partial charge in [-0.15, -0.1) is 11.3 Å². The number of hydrogen-bond acceptors (Lipinski definition) is 6. The Morgan fingerprint density at radius 2 is 1.86 bits per heavy atom. The molecule has 148 valence electrons. The quantitative estimate of drug-likeness (QED) is 0.563. The lowest BCUT2D eigenvalue weighted by atomic mass is 9.97. The Balaban J connectivity index is 1.20. The van der Waals surface area contributed by atoms with Crippen molar-refractivity contribution < 1.29 is 0 Å². The molecule has 6 rings (SSSR count). The van der Waals surface area contributed by atoms with Crippen LogP contribution in [0.25, 0.3) is 21.3 Å². The van der Waals surface area contributed by atoms with E-state index in [2.05, 4.69) is 38.0 Å². The van der Waals surface area contributed by atoms with E-state index in [-0.39, 0.29) is 0 Å². The van der Waals surface area contributed by atoms with Crippen LogP contribution in [0, 0.1) is 0 Å². The van der Waals surface area contributed by atoms with Gasteiger partial charge in [-0.1, -0.05) is 12.1 Å². The number of imidazole rings is 1. The predicted octanol–water partition coefficient (Wildman–Crippen LogP) is 3.77. The Kier molecular flexibility index (Phi) is 4.23. The lowest BCUT2D eigenvalue weighted by Crippen LogP contribution is -2.46. The molecule has 0 atom stereocenters. The summed E-state index contributed by atoms with van der Waals surface area (Å²) in [5, 5.41) is 1.33. The molecule has 1 N–H and O–H groups in total. The Bertz CT molecular complexity index is 1140. The van der Waals surface area contributed by atoms with E-state index in [0.717, 1.165) is 55.4 Å². The Morgan fingerprint density at radius 1 is 1.00 bits per heavy atom. The van der Waals surface area contributed by atoms with Gasteiger partial charge in [-0.25, -0.2) is 15.0 Å². The van der Waals surface area contributed by atoms with Gasteiger partial charge in [0.1, 0.15) is 22.8 Å². The normalized spacial score (nSPS) is 17.9. The van der Waals surface area contributed by atoms with Gasteiger partial charge in [0.25, 0.3) is 0 Å². The van der Waals surface area contributed by atoms with Crippen molar-refractivity contribution in [2.75, 3.05) is 31.1 Å². The molecule has 1 aliphatic carbocycles. The zero-order valence-corrected chi connectivity index (χ0v) is 17.2. The second kappa shape index (κ2) is 7.07. The highest BCUT2D eigenvalue weighted by atomic mass is 32.1. The number of nitrogens with zero attached hydrogens (tertiary/aromatic N) is 5. The first-order valence-corrected chi connectivity index (χ1v) is 11.3. The van der Waals surface area contributed by atoms with Gasteiger partial charge in [0.05, 0.1) is 23.0 Å². The number of aryl methyl sites for hydroxylation is 2. The fourth-order valence-corrected chi connectivity index (χ4v) is 5.95. The second-order valence-corrected chi connectivity index (χ2v) is 9.14. The van der Waals surface area contributed by atoms with Crippen molar-refractivity contribution in [1.29, 1.82) is 0 Å². The Hall–Kier alpha value is -2.51. The first kappa shape index (κ1) is 17.4. The molecule has 1 aliphatic heterocycles. The molecule has 0 unspecified atom stereocenters. The molecule has 2 aliphatic rings. The number of para-hydroxylation sites is 2. The minimum Gasteiger partial charge on any atom is -0.353 e. The van der Waals surface area contributed by atoms with Crippen molar-refractivity contribution in [2.45, 2.75) is 32.2 Å². The van der Waals surface area contributed by atoms with Crippen LogP contribution in [-0.2, 0) is 19.4 Å². The minimum atomic E-state index is 0.871. The molecule has 4 heterocycles. The van der Waals surface area contributed by atoms with E-state index in [4.69, 9.17) is 9.97 Å². The van der Waals surface area contributed by atoms with E-state index in [1.54, 1.807) is 6.33 Å². The van der Waals surface area contributed by atoms with Crippen molar-refractivity contribution in [1.82, 2.24) is 24.8 Å². The van der Waals surface area contributed by atoms with Crippen molar-refractivity contribution >= 4 is 38.4 Å². The monoisotopic (exact) mass is 404 g/mol. The predicted molar refractivity (Wildman–Crippen MR) is 118 cm³/mol. The van der Waals surface area contributed by atoms with Gasteiger partial charge in [-0.05, 0) is 43.4 Å². The number of anilines is 1. The summed E-state index contributed by atoms with van der Waals surface area (Å²) in [6.45, 7) is 4.91. The maximum absolute atomic E-state index is 4.74. The van der Waals surface area contributed by atoms with Gasteiger partial charge in [0, 0.05) is 31.1 Å². The molecule has 0 radical (unpaired) electrons. The summed E-state index contributed by atoms with van der Waals surface area (Å²) in [5.41, 5.74) is 3.69. The average molecular weight is 405 g/mol. The van der Waals surface area contributed by atoms with Crippen molar-refractivity contribution in [3.63, 3.8) is 0 Å². The number of piperazine rings is 1. The summed E-state index contributed by atoms with van der Waals surface area (Å²) in [5.74, 6) is 2.20. The highest BCUT2D eigenvalue weighted by molar-refractivity contribution is 7.19. The Morgan fingerprint density at radius 3 is 2.76 bits per heavy atom. The zero-order chi connectivity index (χ0) is 19.2. The molecule has 29 heavy (non-hydrogen) atoms. The number of nitrogens with one attached hydrogen (secondary N) is 1. The van der Waals surface area contributed by atoms with Crippen LogP contribution in [0.4, 0.5) is 5.82 Å². The van der Waals surface area contributed by atoms with E-state index < -0.39 is 0 Å². The van der Waals surface area contributed by atoms with Crippen molar-refractivity contribution in [3.8, 4) is 0 Å². The topological polar surface area (TPSA) is 60.9 Å². The lowest BCUT2D eigenvalue weighted by Gasteiger charge is -2.35. The summed E-state index contributed by atoms with van der Waals surface area (Å²) in [4.78, 5) is 25.2. The van der Waals surface area contributed by atoms with Crippen LogP contribution >= 0.6 is 11.3 Å². The summed E-state index contributed by atoms with van der Waals surface area (Å²) >= 11 is 1.88. The number of fused-ring (bicyclic) bond motifs is 4. The number of benzene rings is 1. The number of H-pyrrole nitrogens is 1. The molecular weight excluding hydrogens is 380 g/mol. The minimum absolute atomic E-state index is 0.871. The van der Waals surface area contributed by atoms with Gasteiger partial charge >= 0.3 is 0 Å². The fourth-order valence-electron chi connectivity index (χ4n) is 4.72. The van der Waals surface area contributed by atoms with Gasteiger partial charge in [0.2, 0.25) is 0 Å². The first-order valence-electron chi connectivity index (χ1n) is 10.5. The SMILES string of the molecule is c1ccc2[nH]c(CN3CCN(c4ncnc5sc6c(c45)CCCC6)CC3)nc2c1. The van der Waals surface area contributed by atoms with Crippen LogP contribution in [0.3, 0.4) is 0 Å². The van der Waals surface area contributed by atoms with Crippen molar-refractivity contribution in [3.05, 3.63) is 46.9 Å². The van der Waals surface area contributed by atoms with Crippen molar-refractivity contribution in [2.24, 2.45) is 0 Å². The average Bonchev–Trinajstić information content (AvgIpc) is 3.34. The van der Waals surface area contributed by atoms with Crippen LogP contribution in [0.5, 0.6) is 0 Å². The molecule has 6 nitrogen and oxygen atoms in total. The third kappa shape index (κ3) is 3.09. The molecule has 4 aromatic rings. The summed E-state index contributed by atoms with van der Waals surface area (Å²) in [7, 11) is 0. The lowest BCUT2D eigenvalue weighted by molar-refractivity contribution is 0.244.